The van der Waals surface area contributed by atoms with Crippen molar-refractivity contribution in [1.82, 2.24) is 0 Å². The van der Waals surface area contributed by atoms with Gasteiger partial charge in [-0.05, 0) is 33.8 Å². The number of rotatable bonds is 2. The standard InChI is InChI=1S/C13H17BClFO3/c1-12(2)13(3,4)19-14(18-12)8-6-7-9(17-5)10(15)11(8)16/h6-7H,1-5H3. The van der Waals surface area contributed by atoms with Crippen LogP contribution in [0.25, 0.3) is 0 Å². The van der Waals surface area contributed by atoms with E-state index in [4.69, 9.17) is 25.6 Å². The predicted molar refractivity (Wildman–Crippen MR) is 73.7 cm³/mol. The maximum Gasteiger partial charge on any atom is 0.497 e. The Morgan fingerprint density at radius 1 is 1.16 bits per heavy atom. The van der Waals surface area contributed by atoms with Gasteiger partial charge in [-0.1, -0.05) is 17.7 Å². The highest BCUT2D eigenvalue weighted by atomic mass is 35.5. The zero-order chi connectivity index (χ0) is 14.4. The zero-order valence-corrected chi connectivity index (χ0v) is 12.5. The highest BCUT2D eigenvalue weighted by Crippen LogP contribution is 2.37. The number of halogens is 2. The molecule has 0 aromatic heterocycles. The van der Waals surface area contributed by atoms with E-state index in [2.05, 4.69) is 0 Å². The molecule has 0 radical (unpaired) electrons. The van der Waals surface area contributed by atoms with Crippen molar-refractivity contribution in [1.29, 1.82) is 0 Å². The van der Waals surface area contributed by atoms with Crippen LogP contribution in [-0.4, -0.2) is 25.4 Å². The largest absolute Gasteiger partial charge is 0.497 e. The van der Waals surface area contributed by atoms with Crippen LogP contribution in [-0.2, 0) is 9.31 Å². The van der Waals surface area contributed by atoms with Crippen molar-refractivity contribution in [2.45, 2.75) is 38.9 Å². The number of benzene rings is 1. The molecule has 19 heavy (non-hydrogen) atoms. The molecule has 0 atom stereocenters. The van der Waals surface area contributed by atoms with Crippen LogP contribution in [0.2, 0.25) is 5.02 Å². The second kappa shape index (κ2) is 4.65. The van der Waals surface area contributed by atoms with Gasteiger partial charge in [-0.3, -0.25) is 0 Å². The van der Waals surface area contributed by atoms with E-state index < -0.39 is 24.1 Å². The third kappa shape index (κ3) is 2.35. The van der Waals surface area contributed by atoms with Crippen molar-refractivity contribution in [2.75, 3.05) is 7.11 Å². The van der Waals surface area contributed by atoms with Crippen LogP contribution in [0.5, 0.6) is 5.75 Å². The molecule has 1 aliphatic rings. The lowest BCUT2D eigenvalue weighted by Crippen LogP contribution is -2.41. The summed E-state index contributed by atoms with van der Waals surface area (Å²) in [6.45, 7) is 7.65. The molecule has 2 rings (SSSR count). The van der Waals surface area contributed by atoms with Gasteiger partial charge in [0.15, 0.2) is 0 Å². The average molecular weight is 287 g/mol. The van der Waals surface area contributed by atoms with Crippen LogP contribution >= 0.6 is 11.6 Å². The third-order valence-electron chi connectivity index (χ3n) is 3.80. The van der Waals surface area contributed by atoms with Gasteiger partial charge in [0.1, 0.15) is 16.6 Å². The van der Waals surface area contributed by atoms with Crippen LogP contribution in [0.4, 0.5) is 4.39 Å². The van der Waals surface area contributed by atoms with E-state index in [-0.39, 0.29) is 10.5 Å². The molecule has 0 N–H and O–H groups in total. The molecule has 104 valence electrons. The van der Waals surface area contributed by atoms with Gasteiger partial charge >= 0.3 is 7.12 Å². The topological polar surface area (TPSA) is 27.7 Å². The summed E-state index contributed by atoms with van der Waals surface area (Å²) in [4.78, 5) is 0. The Labute approximate surface area is 118 Å². The fourth-order valence-corrected chi connectivity index (χ4v) is 2.11. The Morgan fingerprint density at radius 3 is 2.16 bits per heavy atom. The number of hydrogen-bond acceptors (Lipinski definition) is 3. The summed E-state index contributed by atoms with van der Waals surface area (Å²) in [6, 6.07) is 3.17. The number of ether oxygens (including phenoxy) is 1. The van der Waals surface area contributed by atoms with Crippen LogP contribution in [0.3, 0.4) is 0 Å². The number of methoxy groups -OCH3 is 1. The zero-order valence-electron chi connectivity index (χ0n) is 11.7. The minimum atomic E-state index is -0.770. The van der Waals surface area contributed by atoms with Gasteiger partial charge in [0.2, 0.25) is 0 Å². The molecule has 0 bridgehead atoms. The Kier molecular flexibility index (Phi) is 3.58. The van der Waals surface area contributed by atoms with Crippen molar-refractivity contribution < 1.29 is 18.4 Å². The quantitative estimate of drug-likeness (QED) is 0.783. The maximum atomic E-state index is 14.2. The summed E-state index contributed by atoms with van der Waals surface area (Å²) in [5, 5.41) is -0.0605. The first-order chi connectivity index (χ1) is 8.69. The van der Waals surface area contributed by atoms with E-state index >= 15 is 0 Å². The second-order valence-corrected chi connectivity index (χ2v) is 5.95. The summed E-state index contributed by atoms with van der Waals surface area (Å²) in [7, 11) is 0.670. The molecule has 0 unspecified atom stereocenters. The van der Waals surface area contributed by atoms with Gasteiger partial charge in [0.05, 0.1) is 18.3 Å². The highest BCUT2D eigenvalue weighted by molar-refractivity contribution is 6.62. The lowest BCUT2D eigenvalue weighted by Gasteiger charge is -2.32. The van der Waals surface area contributed by atoms with E-state index in [0.29, 0.717) is 5.75 Å². The first-order valence-electron chi connectivity index (χ1n) is 6.07. The summed E-state index contributed by atoms with van der Waals surface area (Å²) < 4.78 is 30.8. The van der Waals surface area contributed by atoms with Crippen LogP contribution in [0, 0.1) is 5.82 Å². The van der Waals surface area contributed by atoms with E-state index in [0.717, 1.165) is 0 Å². The first kappa shape index (κ1) is 14.6. The minimum absolute atomic E-state index is 0.0605. The molecule has 3 nitrogen and oxygen atoms in total. The van der Waals surface area contributed by atoms with Crippen LogP contribution in [0.1, 0.15) is 27.7 Å². The highest BCUT2D eigenvalue weighted by Gasteiger charge is 2.52. The van der Waals surface area contributed by atoms with Gasteiger partial charge in [-0.2, -0.15) is 0 Å². The molecule has 0 aliphatic carbocycles. The lowest BCUT2D eigenvalue weighted by molar-refractivity contribution is 0.00578. The van der Waals surface area contributed by atoms with E-state index in [1.165, 1.54) is 7.11 Å². The van der Waals surface area contributed by atoms with Gasteiger partial charge < -0.3 is 14.0 Å². The molecule has 6 heteroatoms. The van der Waals surface area contributed by atoms with E-state index in [1.807, 2.05) is 27.7 Å². The fourth-order valence-electron chi connectivity index (χ4n) is 1.86. The molecule has 0 amide bonds. The van der Waals surface area contributed by atoms with Crippen molar-refractivity contribution in [3.63, 3.8) is 0 Å². The van der Waals surface area contributed by atoms with E-state index in [1.54, 1.807) is 12.1 Å². The second-order valence-electron chi connectivity index (χ2n) is 5.57. The average Bonchev–Trinajstić information content (AvgIpc) is 2.51. The molecule has 1 saturated heterocycles. The van der Waals surface area contributed by atoms with Gasteiger partial charge in [-0.15, -0.1) is 0 Å². The smallest absolute Gasteiger partial charge is 0.495 e. The number of hydrogen-bond donors (Lipinski definition) is 0. The Hall–Kier alpha value is -0.775. The molecule has 0 saturated carbocycles. The summed E-state index contributed by atoms with van der Waals surface area (Å²) >= 11 is 5.91. The minimum Gasteiger partial charge on any atom is -0.495 e. The van der Waals surface area contributed by atoms with Crippen LogP contribution < -0.4 is 10.2 Å². The normalized spacial score (nSPS) is 20.7. The van der Waals surface area contributed by atoms with Gasteiger partial charge in [-0.25, -0.2) is 4.39 Å². The lowest BCUT2D eigenvalue weighted by atomic mass is 9.78. The Bertz CT molecular complexity index is 489. The van der Waals surface area contributed by atoms with Gasteiger partial charge in [0, 0.05) is 5.46 Å². The summed E-state index contributed by atoms with van der Waals surface area (Å²) in [5.74, 6) is -0.279. The molecule has 0 spiro atoms. The molecule has 1 aromatic carbocycles. The van der Waals surface area contributed by atoms with Gasteiger partial charge in [0.25, 0.3) is 0 Å². The molecular weight excluding hydrogens is 269 g/mol. The summed E-state index contributed by atoms with van der Waals surface area (Å²) in [5.41, 5.74) is -0.753. The monoisotopic (exact) mass is 286 g/mol. The van der Waals surface area contributed by atoms with Crippen LogP contribution in [0.15, 0.2) is 12.1 Å². The Morgan fingerprint density at radius 2 is 1.68 bits per heavy atom. The molecule has 1 heterocycles. The van der Waals surface area contributed by atoms with Crippen molar-refractivity contribution in [3.05, 3.63) is 23.0 Å². The predicted octanol–water partition coefficient (Wildman–Crippen LogP) is 2.79. The Balaban J connectivity index is 2.38. The maximum absolute atomic E-state index is 14.2. The molecule has 1 fully saturated rings. The molecular formula is C13H17BClFO3. The molecule has 1 aliphatic heterocycles. The van der Waals surface area contributed by atoms with Crippen molar-refractivity contribution >= 4 is 24.2 Å². The fraction of sp³-hybridized carbons (Fsp3) is 0.538. The van der Waals surface area contributed by atoms with Crippen molar-refractivity contribution in [3.8, 4) is 5.75 Å². The summed E-state index contributed by atoms with van der Waals surface area (Å²) in [6.07, 6.45) is 0. The van der Waals surface area contributed by atoms with E-state index in [9.17, 15) is 4.39 Å². The van der Waals surface area contributed by atoms with Crippen molar-refractivity contribution in [2.24, 2.45) is 0 Å². The third-order valence-corrected chi connectivity index (χ3v) is 4.16. The first-order valence-corrected chi connectivity index (χ1v) is 6.45. The SMILES string of the molecule is COc1ccc(B2OC(C)(C)C(C)(C)O2)c(F)c1Cl. The molecule has 1 aromatic rings.